The molecule has 1 amide bonds. The molecule has 1 N–H and O–H groups in total. The first-order chi connectivity index (χ1) is 18.1. The highest BCUT2D eigenvalue weighted by Gasteiger charge is 2.15. The van der Waals surface area contributed by atoms with E-state index in [0.29, 0.717) is 34.7 Å². The lowest BCUT2D eigenvalue weighted by molar-refractivity contribution is 0.0916. The lowest BCUT2D eigenvalue weighted by atomic mass is 10.2. The van der Waals surface area contributed by atoms with E-state index in [1.807, 2.05) is 6.92 Å². The van der Waals surface area contributed by atoms with Crippen LogP contribution in [0.25, 0.3) is 0 Å². The molecule has 0 aliphatic heterocycles. The van der Waals surface area contributed by atoms with Crippen LogP contribution in [0.15, 0.2) is 52.7 Å². The van der Waals surface area contributed by atoms with E-state index in [1.54, 1.807) is 31.5 Å². The third kappa shape index (κ3) is 9.19. The largest absolute Gasteiger partial charge is 0.488 e. The molecule has 0 saturated carbocycles. The van der Waals surface area contributed by atoms with Crippen molar-refractivity contribution in [3.63, 3.8) is 0 Å². The minimum atomic E-state index is -3.35. The quantitative estimate of drug-likeness (QED) is 0.259. The van der Waals surface area contributed by atoms with Gasteiger partial charge in [-0.2, -0.15) is 0 Å². The van der Waals surface area contributed by atoms with Crippen molar-refractivity contribution in [1.82, 2.24) is 4.98 Å². The highest BCUT2D eigenvalue weighted by atomic mass is 32.2. The molecule has 0 saturated heterocycles. The highest BCUT2D eigenvalue weighted by Crippen LogP contribution is 2.30. The summed E-state index contributed by atoms with van der Waals surface area (Å²) in [5.74, 6) is 0.594. The number of aromatic nitrogens is 1. The number of nitrogens with zero attached hydrogens (tertiary/aromatic N) is 1. The Morgan fingerprint density at radius 2 is 1.82 bits per heavy atom. The van der Waals surface area contributed by atoms with Crippen LogP contribution in [0.2, 0.25) is 0 Å². The van der Waals surface area contributed by atoms with E-state index in [0.717, 1.165) is 6.26 Å². The number of methoxy groups -OCH3 is 1. The van der Waals surface area contributed by atoms with Crippen LogP contribution in [-0.4, -0.2) is 52.0 Å². The van der Waals surface area contributed by atoms with Crippen molar-refractivity contribution in [2.75, 3.05) is 31.9 Å². The molecule has 0 aliphatic carbocycles. The highest BCUT2D eigenvalue weighted by molar-refractivity contribution is 7.90. The van der Waals surface area contributed by atoms with Gasteiger partial charge in [-0.25, -0.2) is 13.4 Å². The summed E-state index contributed by atoms with van der Waals surface area (Å²) in [6.07, 6.45) is 0.822. The number of carbonyl (C=O) groups is 1. The van der Waals surface area contributed by atoms with Crippen molar-refractivity contribution >= 4 is 40.5 Å². The van der Waals surface area contributed by atoms with Crippen molar-refractivity contribution in [3.05, 3.63) is 59.1 Å². The summed E-state index contributed by atoms with van der Waals surface area (Å²) in [6.45, 7) is 4.13. The number of thiazole rings is 1. The van der Waals surface area contributed by atoms with E-state index < -0.39 is 24.0 Å². The van der Waals surface area contributed by atoms with Gasteiger partial charge in [0.15, 0.2) is 15.0 Å². The molecular formula is C24H29N2O9PS2. The summed E-state index contributed by atoms with van der Waals surface area (Å²) >= 11 is 1.19. The topological polar surface area (TPSA) is 139 Å². The zero-order valence-electron chi connectivity index (χ0n) is 21.3. The zero-order valence-corrected chi connectivity index (χ0v) is 23.9. The number of hydrogen-bond donors (Lipinski definition) is 1. The van der Waals surface area contributed by atoms with Crippen LogP contribution >= 0.6 is 19.6 Å². The Morgan fingerprint density at radius 1 is 1.11 bits per heavy atom. The molecule has 0 radical (unpaired) electrons. The minimum absolute atomic E-state index is 0.0129. The van der Waals surface area contributed by atoms with Crippen LogP contribution in [0.1, 0.15) is 29.9 Å². The van der Waals surface area contributed by atoms with Crippen LogP contribution in [-0.2, 0) is 34.8 Å². The first kappa shape index (κ1) is 29.8. The maximum absolute atomic E-state index is 13.1. The third-order valence-electron chi connectivity index (χ3n) is 4.74. The Labute approximate surface area is 225 Å². The number of hydrogen-bond acceptors (Lipinski definition) is 11. The Bertz CT molecular complexity index is 1360. The molecule has 1 heterocycles. The normalized spacial score (nSPS) is 13.1. The Morgan fingerprint density at radius 3 is 2.47 bits per heavy atom. The summed E-state index contributed by atoms with van der Waals surface area (Å²) in [5, 5.41) is 4.72. The average molecular weight is 585 g/mol. The summed E-state index contributed by atoms with van der Waals surface area (Å²) in [7, 11) is -4.38. The molecule has 3 rings (SSSR count). The van der Waals surface area contributed by atoms with Crippen molar-refractivity contribution in [1.29, 1.82) is 0 Å². The fourth-order valence-corrected chi connectivity index (χ4v) is 5.02. The maximum Gasteiger partial charge on any atom is 0.319 e. The van der Waals surface area contributed by atoms with Gasteiger partial charge in [-0.3, -0.25) is 14.7 Å². The molecule has 1 unspecified atom stereocenters. The summed E-state index contributed by atoms with van der Waals surface area (Å²) in [4.78, 5) is 17.5. The van der Waals surface area contributed by atoms with Gasteiger partial charge in [-0.05, 0) is 50.2 Å². The van der Waals surface area contributed by atoms with Crippen molar-refractivity contribution in [3.8, 4) is 17.2 Å². The van der Waals surface area contributed by atoms with Crippen LogP contribution in [0, 0.1) is 0 Å². The Kier molecular flexibility index (Phi) is 10.8. The van der Waals surface area contributed by atoms with Crippen LogP contribution in [0.3, 0.4) is 0 Å². The standard InChI is InChI=1S/C24H29N2O9PS2/c1-5-32-36(28)33-14-18-15-37-24(25-18)26-23(27)17-10-20(34-16(2)13-31-3)12-21(11-17)35-19-6-8-22(9-7-19)38(4,29)30/h6-12,15-16,36H,5,13-14H2,1-4H3,(H,25,26,27)/t16-/m0/s1. The molecule has 11 nitrogen and oxygen atoms in total. The first-order valence-corrected chi connectivity index (χ1v) is 15.4. The van der Waals surface area contributed by atoms with Gasteiger partial charge in [-0.1, -0.05) is 0 Å². The molecule has 2 atom stereocenters. The lowest BCUT2D eigenvalue weighted by Gasteiger charge is -2.16. The lowest BCUT2D eigenvalue weighted by Crippen LogP contribution is -2.18. The van der Waals surface area contributed by atoms with E-state index in [-0.39, 0.29) is 29.8 Å². The summed E-state index contributed by atoms with van der Waals surface area (Å²) in [5.41, 5.74) is 0.736. The number of amides is 1. The fraction of sp³-hybridized carbons (Fsp3) is 0.333. The molecule has 0 spiro atoms. The number of benzene rings is 2. The van der Waals surface area contributed by atoms with Gasteiger partial charge in [0.05, 0.1) is 30.4 Å². The van der Waals surface area contributed by atoms with Gasteiger partial charge >= 0.3 is 8.25 Å². The maximum atomic E-state index is 13.1. The molecule has 3 aromatic rings. The van der Waals surface area contributed by atoms with E-state index in [2.05, 4.69) is 10.3 Å². The number of rotatable bonds is 14. The Hall–Kier alpha value is -2.80. The molecule has 206 valence electrons. The molecule has 0 bridgehead atoms. The summed E-state index contributed by atoms with van der Waals surface area (Å²) in [6, 6.07) is 10.6. The molecular weight excluding hydrogens is 555 g/mol. The smallest absolute Gasteiger partial charge is 0.319 e. The van der Waals surface area contributed by atoms with Crippen molar-refractivity contribution < 1.29 is 41.0 Å². The second kappa shape index (κ2) is 13.8. The van der Waals surface area contributed by atoms with Gasteiger partial charge in [0.1, 0.15) is 23.4 Å². The predicted molar refractivity (Wildman–Crippen MR) is 144 cm³/mol. The monoisotopic (exact) mass is 584 g/mol. The van der Waals surface area contributed by atoms with Crippen LogP contribution in [0.4, 0.5) is 5.13 Å². The molecule has 0 fully saturated rings. The Balaban J connectivity index is 1.78. The second-order valence-electron chi connectivity index (χ2n) is 7.99. The number of anilines is 1. The van der Waals surface area contributed by atoms with Crippen molar-refractivity contribution in [2.45, 2.75) is 31.5 Å². The van der Waals surface area contributed by atoms with Gasteiger partial charge in [0, 0.05) is 30.4 Å². The first-order valence-electron chi connectivity index (χ1n) is 11.4. The third-order valence-corrected chi connectivity index (χ3v) is 7.58. The van der Waals surface area contributed by atoms with Crippen LogP contribution in [0.5, 0.6) is 17.2 Å². The SMILES string of the molecule is CCO[PH](=O)OCc1csc(NC(=O)c2cc(Oc3ccc(S(C)(=O)=O)cc3)cc(O[C@@H](C)COC)c2)n1. The zero-order chi connectivity index (χ0) is 27.7. The summed E-state index contributed by atoms with van der Waals surface area (Å²) < 4.78 is 61.9. The van der Waals surface area contributed by atoms with E-state index in [4.69, 9.17) is 23.3 Å². The second-order valence-corrected chi connectivity index (χ2v) is 11.9. The van der Waals surface area contributed by atoms with Gasteiger partial charge in [-0.15, -0.1) is 11.3 Å². The predicted octanol–water partition coefficient (Wildman–Crippen LogP) is 4.95. The number of carbonyl (C=O) groups excluding carboxylic acids is 1. The molecule has 38 heavy (non-hydrogen) atoms. The van der Waals surface area contributed by atoms with Crippen molar-refractivity contribution in [2.24, 2.45) is 0 Å². The average Bonchev–Trinajstić information content (AvgIpc) is 3.30. The van der Waals surface area contributed by atoms with Gasteiger partial charge in [0.2, 0.25) is 0 Å². The van der Waals surface area contributed by atoms with E-state index in [9.17, 15) is 17.8 Å². The molecule has 0 aliphatic rings. The molecule has 14 heteroatoms. The molecule has 1 aromatic heterocycles. The van der Waals surface area contributed by atoms with E-state index in [1.165, 1.54) is 41.7 Å². The molecule has 2 aromatic carbocycles. The minimum Gasteiger partial charge on any atom is -0.488 e. The van der Waals surface area contributed by atoms with Crippen LogP contribution < -0.4 is 14.8 Å². The number of ether oxygens (including phenoxy) is 3. The van der Waals surface area contributed by atoms with Gasteiger partial charge < -0.3 is 23.3 Å². The van der Waals surface area contributed by atoms with Gasteiger partial charge in [0.25, 0.3) is 5.91 Å². The number of sulfone groups is 1. The fourth-order valence-electron chi connectivity index (χ4n) is 3.11. The number of nitrogens with one attached hydrogen (secondary N) is 1. The van der Waals surface area contributed by atoms with E-state index >= 15 is 0 Å².